The first kappa shape index (κ1) is 13.3. The van der Waals surface area contributed by atoms with Crippen LogP contribution >= 0.6 is 0 Å². The maximum absolute atomic E-state index is 13.4. The average Bonchev–Trinajstić information content (AvgIpc) is 2.94. The minimum absolute atomic E-state index is 0.288. The Morgan fingerprint density at radius 1 is 1.30 bits per heavy atom. The molecule has 0 unspecified atom stereocenters. The summed E-state index contributed by atoms with van der Waals surface area (Å²) in [5, 5.41) is 4.67. The molecule has 1 aromatic carbocycles. The summed E-state index contributed by atoms with van der Waals surface area (Å²) >= 11 is 0. The highest BCUT2D eigenvalue weighted by Gasteiger charge is 2.11. The zero-order valence-corrected chi connectivity index (χ0v) is 11.8. The van der Waals surface area contributed by atoms with Gasteiger partial charge in [0.25, 0.3) is 5.56 Å². The minimum atomic E-state index is -0.376. The highest BCUT2D eigenvalue weighted by atomic mass is 19.1. The smallest absolute Gasteiger partial charge is 0.298 e. The molecule has 4 aromatic rings. The highest BCUT2D eigenvalue weighted by molar-refractivity contribution is 6.04. The molecular formula is C16H10FN5O. The van der Waals surface area contributed by atoms with Crippen molar-refractivity contribution >= 4 is 28.2 Å². The van der Waals surface area contributed by atoms with Crippen LogP contribution in [0.2, 0.25) is 0 Å². The van der Waals surface area contributed by atoms with Crippen molar-refractivity contribution in [3.63, 3.8) is 0 Å². The van der Waals surface area contributed by atoms with E-state index in [1.54, 1.807) is 24.5 Å². The van der Waals surface area contributed by atoms with E-state index in [2.05, 4.69) is 20.1 Å². The lowest BCUT2D eigenvalue weighted by molar-refractivity contribution is 0.630. The molecule has 0 amide bonds. The molecule has 0 bridgehead atoms. The fourth-order valence-electron chi connectivity index (χ4n) is 2.38. The Labute approximate surface area is 128 Å². The van der Waals surface area contributed by atoms with Crippen LogP contribution in [0.4, 0.5) is 4.39 Å². The number of aromatic nitrogens is 4. The van der Waals surface area contributed by atoms with E-state index in [9.17, 15) is 9.18 Å². The number of hydrogen-bond acceptors (Lipinski definition) is 4. The first-order chi connectivity index (χ1) is 11.2. The second-order valence-electron chi connectivity index (χ2n) is 4.96. The number of halogens is 1. The summed E-state index contributed by atoms with van der Waals surface area (Å²) < 4.78 is 14.5. The van der Waals surface area contributed by atoms with Crippen molar-refractivity contribution in [3.05, 3.63) is 70.8 Å². The maximum Gasteiger partial charge on any atom is 0.298 e. The van der Waals surface area contributed by atoms with Gasteiger partial charge < -0.3 is 4.98 Å². The number of nitrogens with one attached hydrogen (secondary N) is 1. The van der Waals surface area contributed by atoms with E-state index in [1.165, 1.54) is 24.7 Å². The molecule has 0 aliphatic rings. The molecule has 1 N–H and O–H groups in total. The van der Waals surface area contributed by atoms with Gasteiger partial charge >= 0.3 is 0 Å². The molecule has 0 saturated carbocycles. The maximum atomic E-state index is 13.4. The van der Waals surface area contributed by atoms with Gasteiger partial charge in [-0.25, -0.2) is 9.37 Å². The lowest BCUT2D eigenvalue weighted by Gasteiger charge is -1.97. The quantitative estimate of drug-likeness (QED) is 0.577. The standard InChI is InChI=1S/C16H10FN5O/c17-11-3-4-13-12(6-11)14-15(21-13)16(23)22(9-19-14)20-8-10-2-1-5-18-7-10/h1-9,21H. The van der Waals surface area contributed by atoms with Gasteiger partial charge in [0.05, 0.1) is 6.21 Å². The SMILES string of the molecule is O=c1c2[nH]c3ccc(F)cc3c2ncn1N=Cc1cccnc1. The summed E-state index contributed by atoms with van der Waals surface area (Å²) in [7, 11) is 0. The Morgan fingerprint density at radius 3 is 3.04 bits per heavy atom. The second kappa shape index (κ2) is 5.13. The Kier molecular flexibility index (Phi) is 2.97. The molecule has 0 radical (unpaired) electrons. The van der Waals surface area contributed by atoms with E-state index in [1.807, 2.05) is 6.07 Å². The summed E-state index contributed by atoms with van der Waals surface area (Å²) in [6, 6.07) is 7.85. The molecule has 0 aliphatic heterocycles. The van der Waals surface area contributed by atoms with Crippen molar-refractivity contribution in [3.8, 4) is 0 Å². The molecule has 7 heteroatoms. The molecular weight excluding hydrogens is 297 g/mol. The van der Waals surface area contributed by atoms with Crippen LogP contribution in [-0.4, -0.2) is 25.8 Å². The van der Waals surface area contributed by atoms with Crippen LogP contribution in [0.25, 0.3) is 21.9 Å². The van der Waals surface area contributed by atoms with Gasteiger partial charge in [0.15, 0.2) is 0 Å². The number of H-pyrrole nitrogens is 1. The molecule has 6 nitrogen and oxygen atoms in total. The van der Waals surface area contributed by atoms with Gasteiger partial charge in [-0.05, 0) is 24.3 Å². The Bertz CT molecular complexity index is 1100. The Hall–Kier alpha value is -3.35. The number of aromatic amines is 1. The zero-order valence-electron chi connectivity index (χ0n) is 11.8. The molecule has 0 atom stereocenters. The number of fused-ring (bicyclic) bond motifs is 3. The topological polar surface area (TPSA) is 75.9 Å². The lowest BCUT2D eigenvalue weighted by atomic mass is 10.2. The lowest BCUT2D eigenvalue weighted by Crippen LogP contribution is -2.17. The number of rotatable bonds is 2. The third-order valence-corrected chi connectivity index (χ3v) is 3.47. The average molecular weight is 307 g/mol. The van der Waals surface area contributed by atoms with Crippen molar-refractivity contribution in [1.82, 2.24) is 19.6 Å². The van der Waals surface area contributed by atoms with E-state index < -0.39 is 0 Å². The number of pyridine rings is 1. The third kappa shape index (κ3) is 2.28. The van der Waals surface area contributed by atoms with Crippen LogP contribution in [-0.2, 0) is 0 Å². The van der Waals surface area contributed by atoms with Gasteiger partial charge in [-0.15, -0.1) is 0 Å². The fraction of sp³-hybridized carbons (Fsp3) is 0. The first-order valence-electron chi connectivity index (χ1n) is 6.85. The van der Waals surface area contributed by atoms with Crippen LogP contribution in [0.15, 0.2) is 58.9 Å². The van der Waals surface area contributed by atoms with E-state index in [0.717, 1.165) is 10.2 Å². The molecule has 0 aliphatic carbocycles. The monoisotopic (exact) mass is 307 g/mol. The molecule has 0 fully saturated rings. The Balaban J connectivity index is 1.87. The van der Waals surface area contributed by atoms with Gasteiger partial charge in [0.2, 0.25) is 0 Å². The first-order valence-corrected chi connectivity index (χ1v) is 6.85. The van der Waals surface area contributed by atoms with Gasteiger partial charge in [-0.3, -0.25) is 9.78 Å². The van der Waals surface area contributed by atoms with Crippen LogP contribution in [0.3, 0.4) is 0 Å². The largest absolute Gasteiger partial charge is 0.349 e. The molecule has 23 heavy (non-hydrogen) atoms. The number of nitrogens with zero attached hydrogens (tertiary/aromatic N) is 4. The van der Waals surface area contributed by atoms with Crippen LogP contribution in [0, 0.1) is 5.82 Å². The summed E-state index contributed by atoms with van der Waals surface area (Å²) in [5.41, 5.74) is 1.78. The Morgan fingerprint density at radius 2 is 2.22 bits per heavy atom. The van der Waals surface area contributed by atoms with Gasteiger partial charge in [-0.2, -0.15) is 9.78 Å². The molecule has 3 heterocycles. The predicted octanol–water partition coefficient (Wildman–Crippen LogP) is 2.29. The zero-order chi connectivity index (χ0) is 15.8. The normalized spacial score (nSPS) is 11.7. The predicted molar refractivity (Wildman–Crippen MR) is 85.0 cm³/mol. The van der Waals surface area contributed by atoms with Gasteiger partial charge in [0.1, 0.15) is 23.2 Å². The van der Waals surface area contributed by atoms with Crippen LogP contribution in [0.5, 0.6) is 0 Å². The summed E-state index contributed by atoms with van der Waals surface area (Å²) in [6.45, 7) is 0. The second-order valence-corrected chi connectivity index (χ2v) is 4.96. The highest BCUT2D eigenvalue weighted by Crippen LogP contribution is 2.21. The van der Waals surface area contributed by atoms with Crippen molar-refractivity contribution in [2.45, 2.75) is 0 Å². The molecule has 0 saturated heterocycles. The van der Waals surface area contributed by atoms with E-state index in [-0.39, 0.29) is 16.9 Å². The summed E-state index contributed by atoms with van der Waals surface area (Å²) in [6.07, 6.45) is 6.12. The van der Waals surface area contributed by atoms with E-state index in [0.29, 0.717) is 16.4 Å². The van der Waals surface area contributed by atoms with Crippen molar-refractivity contribution in [2.24, 2.45) is 5.10 Å². The van der Waals surface area contributed by atoms with Gasteiger partial charge in [-0.1, -0.05) is 6.07 Å². The summed E-state index contributed by atoms with van der Waals surface area (Å²) in [4.78, 5) is 23.6. The van der Waals surface area contributed by atoms with Crippen molar-refractivity contribution in [1.29, 1.82) is 0 Å². The number of hydrogen-bond donors (Lipinski definition) is 1. The fourth-order valence-corrected chi connectivity index (χ4v) is 2.38. The molecule has 112 valence electrons. The molecule has 0 spiro atoms. The van der Waals surface area contributed by atoms with E-state index in [4.69, 9.17) is 0 Å². The molecule has 3 aromatic heterocycles. The van der Waals surface area contributed by atoms with Crippen molar-refractivity contribution in [2.75, 3.05) is 0 Å². The van der Waals surface area contributed by atoms with Crippen LogP contribution < -0.4 is 5.56 Å². The number of benzene rings is 1. The van der Waals surface area contributed by atoms with Crippen LogP contribution in [0.1, 0.15) is 5.56 Å². The summed E-state index contributed by atoms with van der Waals surface area (Å²) in [5.74, 6) is -0.376. The third-order valence-electron chi connectivity index (χ3n) is 3.47. The van der Waals surface area contributed by atoms with E-state index >= 15 is 0 Å². The molecule has 4 rings (SSSR count). The minimum Gasteiger partial charge on any atom is -0.349 e. The van der Waals surface area contributed by atoms with Crippen molar-refractivity contribution < 1.29 is 4.39 Å². The van der Waals surface area contributed by atoms with Gasteiger partial charge in [0, 0.05) is 28.9 Å².